The molecule has 1 aromatic carbocycles. The molecule has 0 atom stereocenters. The summed E-state index contributed by atoms with van der Waals surface area (Å²) in [5, 5.41) is 0.685. The van der Waals surface area contributed by atoms with Crippen molar-refractivity contribution in [3.63, 3.8) is 0 Å². The van der Waals surface area contributed by atoms with Gasteiger partial charge in [-0.15, -0.1) is 0 Å². The zero-order chi connectivity index (χ0) is 17.3. The van der Waals surface area contributed by atoms with Gasteiger partial charge in [0.2, 0.25) is 0 Å². The van der Waals surface area contributed by atoms with Crippen LogP contribution >= 0.6 is 0 Å². The van der Waals surface area contributed by atoms with Crippen LogP contribution in [0, 0.1) is 12.8 Å². The van der Waals surface area contributed by atoms with Gasteiger partial charge in [0.15, 0.2) is 0 Å². The van der Waals surface area contributed by atoms with Gasteiger partial charge in [-0.25, -0.2) is 4.39 Å². The lowest BCUT2D eigenvalue weighted by Crippen LogP contribution is -2.32. The number of alkyl halides is 4. The summed E-state index contributed by atoms with van der Waals surface area (Å²) in [5.74, 6) is -0.840. The van der Waals surface area contributed by atoms with Crippen LogP contribution in [0.1, 0.15) is 36.9 Å². The summed E-state index contributed by atoms with van der Waals surface area (Å²) in [6.07, 6.45) is -3.65. The van der Waals surface area contributed by atoms with Gasteiger partial charge < -0.3 is 4.74 Å². The number of benzene rings is 1. The highest BCUT2D eigenvalue weighted by molar-refractivity contribution is 5.84. The van der Waals surface area contributed by atoms with E-state index in [1.807, 2.05) is 6.92 Å². The Bertz CT molecular complexity index is 721. The highest BCUT2D eigenvalue weighted by Gasteiger charge is 2.41. The third-order valence-corrected chi connectivity index (χ3v) is 4.64. The van der Waals surface area contributed by atoms with Gasteiger partial charge in [-0.2, -0.15) is 13.2 Å². The monoisotopic (exact) mass is 341 g/mol. The Morgan fingerprint density at radius 3 is 2.42 bits per heavy atom. The third-order valence-electron chi connectivity index (χ3n) is 4.64. The minimum absolute atomic E-state index is 0.0630. The van der Waals surface area contributed by atoms with Crippen molar-refractivity contribution in [3.05, 3.63) is 35.5 Å². The van der Waals surface area contributed by atoms with Crippen molar-refractivity contribution in [1.29, 1.82) is 0 Å². The van der Waals surface area contributed by atoms with Crippen LogP contribution in [0.25, 0.3) is 10.9 Å². The van der Waals surface area contributed by atoms with E-state index in [9.17, 15) is 17.6 Å². The molecule has 1 aliphatic rings. The highest BCUT2D eigenvalue weighted by Crippen LogP contribution is 2.39. The molecular weight excluding hydrogens is 322 g/mol. The van der Waals surface area contributed by atoms with Crippen LogP contribution in [-0.4, -0.2) is 17.3 Å². The molecule has 0 unspecified atom stereocenters. The van der Waals surface area contributed by atoms with Gasteiger partial charge in [-0.05, 0) is 50.8 Å². The average molecular weight is 341 g/mol. The fourth-order valence-electron chi connectivity index (χ4n) is 3.28. The van der Waals surface area contributed by atoms with Crippen LogP contribution in [0.4, 0.5) is 17.6 Å². The van der Waals surface area contributed by atoms with E-state index >= 15 is 0 Å². The highest BCUT2D eigenvalue weighted by atomic mass is 19.4. The first-order valence-electron chi connectivity index (χ1n) is 8.07. The Balaban J connectivity index is 1.77. The zero-order valence-electron chi connectivity index (χ0n) is 13.4. The Kier molecular flexibility index (Phi) is 4.65. The summed E-state index contributed by atoms with van der Waals surface area (Å²) >= 11 is 0. The van der Waals surface area contributed by atoms with Crippen molar-refractivity contribution in [3.8, 4) is 5.75 Å². The second-order valence-corrected chi connectivity index (χ2v) is 6.33. The lowest BCUT2D eigenvalue weighted by Gasteiger charge is -2.30. The first-order chi connectivity index (χ1) is 11.4. The minimum Gasteiger partial charge on any atom is -0.490 e. The molecule has 0 N–H and O–H groups in total. The number of nitrogens with zero attached hydrogens (tertiary/aromatic N) is 1. The number of rotatable bonds is 3. The van der Waals surface area contributed by atoms with E-state index in [4.69, 9.17) is 4.74 Å². The molecule has 3 rings (SSSR count). The van der Waals surface area contributed by atoms with E-state index in [1.54, 1.807) is 24.3 Å². The van der Waals surface area contributed by atoms with E-state index in [-0.39, 0.29) is 18.9 Å². The zero-order valence-corrected chi connectivity index (χ0v) is 13.4. The molecule has 130 valence electrons. The van der Waals surface area contributed by atoms with Crippen LogP contribution in [-0.2, 0) is 6.67 Å². The summed E-state index contributed by atoms with van der Waals surface area (Å²) in [6.45, 7) is 1.16. The molecule has 0 radical (unpaired) electrons. The lowest BCUT2D eigenvalue weighted by atomic mass is 9.87. The molecule has 0 amide bonds. The van der Waals surface area contributed by atoms with Crippen molar-refractivity contribution >= 4 is 10.9 Å². The van der Waals surface area contributed by atoms with Gasteiger partial charge in [-0.3, -0.25) is 4.98 Å². The quantitative estimate of drug-likeness (QED) is 0.687. The Labute approximate surface area is 137 Å². The maximum absolute atomic E-state index is 13.5. The van der Waals surface area contributed by atoms with E-state index in [0.29, 0.717) is 35.1 Å². The van der Waals surface area contributed by atoms with Gasteiger partial charge >= 0.3 is 6.18 Å². The summed E-state index contributed by atoms with van der Waals surface area (Å²) in [7, 11) is 0. The maximum atomic E-state index is 13.5. The second kappa shape index (κ2) is 6.57. The topological polar surface area (TPSA) is 22.1 Å². The largest absolute Gasteiger partial charge is 0.490 e. The molecule has 1 saturated carbocycles. The molecule has 1 fully saturated rings. The van der Waals surface area contributed by atoms with E-state index < -0.39 is 18.8 Å². The van der Waals surface area contributed by atoms with Crippen LogP contribution in [0.5, 0.6) is 5.75 Å². The molecule has 0 aliphatic heterocycles. The van der Waals surface area contributed by atoms with Gasteiger partial charge in [0, 0.05) is 16.6 Å². The summed E-state index contributed by atoms with van der Waals surface area (Å²) in [5.41, 5.74) is 1.94. The SMILES string of the molecule is Cc1ccc2c(CF)c(O[C@H]3CC[C@@H](C(F)(F)F)CC3)ccc2n1. The normalized spacial score (nSPS) is 21.9. The fraction of sp³-hybridized carbons (Fsp3) is 0.500. The molecule has 1 aromatic heterocycles. The van der Waals surface area contributed by atoms with Crippen molar-refractivity contribution in [2.24, 2.45) is 5.92 Å². The molecular formula is C18H19F4NO. The molecule has 2 nitrogen and oxygen atoms in total. The average Bonchev–Trinajstić information content (AvgIpc) is 2.54. The summed E-state index contributed by atoms with van der Waals surface area (Å²) in [4.78, 5) is 4.36. The fourth-order valence-corrected chi connectivity index (χ4v) is 3.28. The van der Waals surface area contributed by atoms with Crippen LogP contribution < -0.4 is 4.74 Å². The maximum Gasteiger partial charge on any atom is 0.391 e. The van der Waals surface area contributed by atoms with Gasteiger partial charge in [0.1, 0.15) is 12.4 Å². The number of aryl methyl sites for hydroxylation is 1. The molecule has 1 heterocycles. The smallest absolute Gasteiger partial charge is 0.391 e. The van der Waals surface area contributed by atoms with Crippen molar-refractivity contribution in [1.82, 2.24) is 4.98 Å². The number of ether oxygens (including phenoxy) is 1. The molecule has 0 saturated heterocycles. The predicted octanol–water partition coefficient (Wildman–Crippen LogP) is 5.51. The van der Waals surface area contributed by atoms with Crippen molar-refractivity contribution in [2.45, 2.75) is 51.6 Å². The van der Waals surface area contributed by atoms with Crippen LogP contribution in [0.2, 0.25) is 0 Å². The van der Waals surface area contributed by atoms with E-state index in [0.717, 1.165) is 5.69 Å². The first-order valence-corrected chi connectivity index (χ1v) is 8.07. The summed E-state index contributed by atoms with van der Waals surface area (Å²) < 4.78 is 57.5. The number of aromatic nitrogens is 1. The molecule has 0 spiro atoms. The van der Waals surface area contributed by atoms with Gasteiger partial charge in [0.05, 0.1) is 17.5 Å². The molecule has 6 heteroatoms. The second-order valence-electron chi connectivity index (χ2n) is 6.33. The van der Waals surface area contributed by atoms with Crippen LogP contribution in [0.15, 0.2) is 24.3 Å². The first kappa shape index (κ1) is 17.0. The van der Waals surface area contributed by atoms with Gasteiger partial charge in [0.25, 0.3) is 0 Å². The van der Waals surface area contributed by atoms with Gasteiger partial charge in [-0.1, -0.05) is 6.07 Å². The Morgan fingerprint density at radius 1 is 1.08 bits per heavy atom. The summed E-state index contributed by atoms with van der Waals surface area (Å²) in [6, 6.07) is 7.04. The minimum atomic E-state index is -4.14. The molecule has 24 heavy (non-hydrogen) atoms. The van der Waals surface area contributed by atoms with Crippen LogP contribution in [0.3, 0.4) is 0 Å². The molecule has 1 aliphatic carbocycles. The van der Waals surface area contributed by atoms with E-state index in [1.165, 1.54) is 0 Å². The number of halogens is 4. The third kappa shape index (κ3) is 3.47. The number of fused-ring (bicyclic) bond motifs is 1. The number of hydrogen-bond donors (Lipinski definition) is 0. The predicted molar refractivity (Wildman–Crippen MR) is 83.7 cm³/mol. The molecule has 0 bridgehead atoms. The van der Waals surface area contributed by atoms with Crippen molar-refractivity contribution in [2.75, 3.05) is 0 Å². The number of hydrogen-bond acceptors (Lipinski definition) is 2. The Morgan fingerprint density at radius 2 is 1.79 bits per heavy atom. The number of pyridine rings is 1. The van der Waals surface area contributed by atoms with Crippen molar-refractivity contribution < 1.29 is 22.3 Å². The van der Waals surface area contributed by atoms with E-state index in [2.05, 4.69) is 4.98 Å². The standard InChI is InChI=1S/C18H19F4NO/c1-11-2-7-14-15(10-19)17(9-8-16(14)23-11)24-13-5-3-12(4-6-13)18(20,21)22/h2,7-9,12-13H,3-6,10H2,1H3/t12-,13+. The molecule has 2 aromatic rings. The lowest BCUT2D eigenvalue weighted by molar-refractivity contribution is -0.185. The Hall–Kier alpha value is -1.85.